The van der Waals surface area contributed by atoms with Crippen LogP contribution in [0.4, 0.5) is 4.79 Å². The first-order chi connectivity index (χ1) is 15.1. The van der Waals surface area contributed by atoms with E-state index in [4.69, 9.17) is 14.9 Å². The number of hydrogen-bond acceptors (Lipinski definition) is 6. The molecule has 5 N–H and O–H groups in total. The van der Waals surface area contributed by atoms with Crippen LogP contribution in [0.25, 0.3) is 0 Å². The van der Waals surface area contributed by atoms with Gasteiger partial charge < -0.3 is 30.7 Å². The van der Waals surface area contributed by atoms with Crippen LogP contribution < -0.4 is 10.6 Å². The molecule has 0 fully saturated rings. The number of rotatable bonds is 14. The van der Waals surface area contributed by atoms with Gasteiger partial charge in [0.05, 0.1) is 0 Å². The van der Waals surface area contributed by atoms with Gasteiger partial charge >= 0.3 is 24.0 Å². The average Bonchev–Trinajstić information content (AvgIpc) is 2.71. The first kappa shape index (κ1) is 27.1. The molecule has 1 rings (SSSR count). The molecular formula is C20H25IN2O9. The van der Waals surface area contributed by atoms with Crippen LogP contribution in [-0.4, -0.2) is 63.9 Å². The Morgan fingerprint density at radius 2 is 1.56 bits per heavy atom. The number of carboxylic acids is 3. The molecule has 0 heterocycles. The van der Waals surface area contributed by atoms with E-state index in [-0.39, 0.29) is 31.6 Å². The zero-order valence-electron chi connectivity index (χ0n) is 17.1. The zero-order valence-corrected chi connectivity index (χ0v) is 19.2. The average molecular weight is 564 g/mol. The maximum Gasteiger partial charge on any atom is 0.408 e. The van der Waals surface area contributed by atoms with Gasteiger partial charge in [-0.05, 0) is 79.0 Å². The molecule has 1 aromatic rings. The summed E-state index contributed by atoms with van der Waals surface area (Å²) in [4.78, 5) is 56.9. The Kier molecular flexibility index (Phi) is 12.1. The van der Waals surface area contributed by atoms with Crippen molar-refractivity contribution in [2.75, 3.05) is 6.54 Å². The molecular weight excluding hydrogens is 539 g/mol. The maximum atomic E-state index is 12.0. The van der Waals surface area contributed by atoms with Crippen molar-refractivity contribution < 1.29 is 44.0 Å². The Hall–Kier alpha value is -2.90. The minimum atomic E-state index is -1.49. The van der Waals surface area contributed by atoms with Gasteiger partial charge in [-0.2, -0.15) is 0 Å². The molecule has 0 radical (unpaired) electrons. The summed E-state index contributed by atoms with van der Waals surface area (Å²) >= 11 is 2.13. The van der Waals surface area contributed by atoms with Crippen LogP contribution in [0.2, 0.25) is 0 Å². The number of alkyl carbamates (subject to hydrolysis) is 1. The minimum absolute atomic E-state index is 0.0167. The van der Waals surface area contributed by atoms with E-state index in [9.17, 15) is 29.1 Å². The molecule has 32 heavy (non-hydrogen) atoms. The highest BCUT2D eigenvalue weighted by Gasteiger charge is 2.26. The van der Waals surface area contributed by atoms with E-state index in [0.717, 1.165) is 3.57 Å². The highest BCUT2D eigenvalue weighted by molar-refractivity contribution is 14.1. The fraction of sp³-hybridized carbons (Fsp3) is 0.450. The Morgan fingerprint density at radius 1 is 0.906 bits per heavy atom. The van der Waals surface area contributed by atoms with E-state index in [1.807, 2.05) is 5.32 Å². The van der Waals surface area contributed by atoms with Crippen molar-refractivity contribution in [3.63, 3.8) is 0 Å². The van der Waals surface area contributed by atoms with Crippen molar-refractivity contribution in [3.05, 3.63) is 33.4 Å². The third-order valence-corrected chi connectivity index (χ3v) is 5.00. The maximum absolute atomic E-state index is 12.0. The number of halogens is 1. The number of unbranched alkanes of at least 4 members (excludes halogenated alkanes) is 1. The molecule has 0 saturated carbocycles. The van der Waals surface area contributed by atoms with Crippen LogP contribution in [0.1, 0.15) is 48.9 Å². The predicted molar refractivity (Wildman–Crippen MR) is 119 cm³/mol. The Bertz CT molecular complexity index is 814. The van der Waals surface area contributed by atoms with Crippen molar-refractivity contribution in [1.82, 2.24) is 10.6 Å². The third-order valence-electron chi connectivity index (χ3n) is 4.28. The van der Waals surface area contributed by atoms with Crippen molar-refractivity contribution >= 4 is 52.5 Å². The summed E-state index contributed by atoms with van der Waals surface area (Å²) in [5.41, 5.74) is 0.505. The van der Waals surface area contributed by atoms with Gasteiger partial charge in [-0.15, -0.1) is 0 Å². The SMILES string of the molecule is O=C(O)CCC[C@H](NC(=O)O[C@@H](CCCCNC(=O)c1ccc(I)cc1)C(=O)O)C(=O)O. The summed E-state index contributed by atoms with van der Waals surface area (Å²) in [6.07, 6.45) is -2.35. The van der Waals surface area contributed by atoms with Crippen LogP contribution in [0.5, 0.6) is 0 Å². The number of amides is 2. The smallest absolute Gasteiger partial charge is 0.408 e. The molecule has 176 valence electrons. The lowest BCUT2D eigenvalue weighted by molar-refractivity contribution is -0.147. The van der Waals surface area contributed by atoms with Gasteiger partial charge in [-0.3, -0.25) is 9.59 Å². The number of benzene rings is 1. The van der Waals surface area contributed by atoms with E-state index in [1.165, 1.54) is 0 Å². The summed E-state index contributed by atoms with van der Waals surface area (Å²) in [5, 5.41) is 31.7. The molecule has 12 heteroatoms. The summed E-state index contributed by atoms with van der Waals surface area (Å²) in [6.45, 7) is 0.300. The number of carboxylic acid groups (broad SMARTS) is 3. The highest BCUT2D eigenvalue weighted by atomic mass is 127. The molecule has 0 aliphatic heterocycles. The summed E-state index contributed by atoms with van der Waals surface area (Å²) in [7, 11) is 0. The van der Waals surface area contributed by atoms with Gasteiger partial charge in [0.2, 0.25) is 6.10 Å². The molecule has 11 nitrogen and oxygen atoms in total. The molecule has 0 aliphatic rings. The van der Waals surface area contributed by atoms with Crippen LogP contribution >= 0.6 is 22.6 Å². The minimum Gasteiger partial charge on any atom is -0.481 e. The summed E-state index contributed by atoms with van der Waals surface area (Å²) in [6, 6.07) is 5.59. The van der Waals surface area contributed by atoms with Gasteiger partial charge in [0, 0.05) is 22.1 Å². The second-order valence-corrected chi connectivity index (χ2v) is 8.06. The van der Waals surface area contributed by atoms with Crippen LogP contribution in [0, 0.1) is 3.57 Å². The number of hydrogen-bond donors (Lipinski definition) is 5. The molecule has 0 bridgehead atoms. The fourth-order valence-corrected chi connectivity index (χ4v) is 2.97. The van der Waals surface area contributed by atoms with E-state index < -0.39 is 36.1 Å². The van der Waals surface area contributed by atoms with Gasteiger partial charge in [-0.1, -0.05) is 0 Å². The van der Waals surface area contributed by atoms with Crippen LogP contribution in [0.15, 0.2) is 24.3 Å². The monoisotopic (exact) mass is 564 g/mol. The summed E-state index contributed by atoms with van der Waals surface area (Å²) in [5.74, 6) is -4.13. The van der Waals surface area contributed by atoms with E-state index in [0.29, 0.717) is 24.9 Å². The van der Waals surface area contributed by atoms with E-state index >= 15 is 0 Å². The number of carbonyl (C=O) groups is 5. The zero-order chi connectivity index (χ0) is 24.1. The van der Waals surface area contributed by atoms with Gasteiger partial charge in [0.1, 0.15) is 6.04 Å². The standard InChI is InChI=1S/C20H25IN2O9/c21-13-9-7-12(8-10-13)17(26)22-11-2-1-5-15(19(29)30)32-20(31)23-14(18(27)28)4-3-6-16(24)25/h7-10,14-15H,1-6,11H2,(H,22,26)(H,23,31)(H,24,25)(H,27,28)(H,29,30)/t14-,15-/m0/s1. The number of ether oxygens (including phenoxy) is 1. The van der Waals surface area contributed by atoms with Crippen molar-refractivity contribution in [1.29, 1.82) is 0 Å². The van der Waals surface area contributed by atoms with Gasteiger partial charge in [-0.25, -0.2) is 14.4 Å². The molecule has 2 amide bonds. The lowest BCUT2D eigenvalue weighted by atomic mass is 10.1. The van der Waals surface area contributed by atoms with Crippen LogP contribution in [0.3, 0.4) is 0 Å². The first-order valence-corrected chi connectivity index (χ1v) is 10.9. The van der Waals surface area contributed by atoms with E-state index in [1.54, 1.807) is 24.3 Å². The predicted octanol–water partition coefficient (Wildman–Crippen LogP) is 2.08. The molecule has 0 saturated heterocycles. The summed E-state index contributed by atoms with van der Waals surface area (Å²) < 4.78 is 5.81. The molecule has 0 spiro atoms. The van der Waals surface area contributed by atoms with Crippen molar-refractivity contribution in [3.8, 4) is 0 Å². The Labute approximate surface area is 197 Å². The van der Waals surface area contributed by atoms with Crippen molar-refractivity contribution in [2.45, 2.75) is 50.7 Å². The van der Waals surface area contributed by atoms with E-state index in [2.05, 4.69) is 27.9 Å². The number of aliphatic carboxylic acids is 3. The van der Waals surface area contributed by atoms with Crippen molar-refractivity contribution in [2.24, 2.45) is 0 Å². The number of nitrogens with one attached hydrogen (secondary N) is 2. The molecule has 1 aromatic carbocycles. The molecule has 2 atom stereocenters. The highest BCUT2D eigenvalue weighted by Crippen LogP contribution is 2.09. The van der Waals surface area contributed by atoms with Gasteiger partial charge in [0.25, 0.3) is 5.91 Å². The topological polar surface area (TPSA) is 179 Å². The third kappa shape index (κ3) is 10.9. The largest absolute Gasteiger partial charge is 0.481 e. The Balaban J connectivity index is 2.40. The fourth-order valence-electron chi connectivity index (χ4n) is 2.61. The van der Waals surface area contributed by atoms with Gasteiger partial charge in [0.15, 0.2) is 0 Å². The Morgan fingerprint density at radius 3 is 2.12 bits per heavy atom. The van der Waals surface area contributed by atoms with Crippen LogP contribution in [-0.2, 0) is 19.1 Å². The normalized spacial score (nSPS) is 12.3. The molecule has 0 unspecified atom stereocenters. The lowest BCUT2D eigenvalue weighted by Crippen LogP contribution is -2.43. The second kappa shape index (κ2) is 14.2. The quantitative estimate of drug-likeness (QED) is 0.167. The second-order valence-electron chi connectivity index (χ2n) is 6.81. The number of carbonyl (C=O) groups excluding carboxylic acids is 2. The lowest BCUT2D eigenvalue weighted by Gasteiger charge is -2.17. The molecule has 0 aromatic heterocycles. The first-order valence-electron chi connectivity index (χ1n) is 9.78. The molecule has 0 aliphatic carbocycles.